The van der Waals surface area contributed by atoms with Crippen molar-refractivity contribution in [2.45, 2.75) is 39.7 Å². The molecule has 6 heteroatoms. The van der Waals surface area contributed by atoms with E-state index in [2.05, 4.69) is 41.8 Å². The number of hydrogen-bond acceptors (Lipinski definition) is 4. The first-order chi connectivity index (χ1) is 11.5. The van der Waals surface area contributed by atoms with Gasteiger partial charge in [0.25, 0.3) is 0 Å². The minimum atomic E-state index is -0.00359. The molecule has 25 heavy (non-hydrogen) atoms. The Kier molecular flexibility index (Phi) is 6.99. The third-order valence-corrected chi connectivity index (χ3v) is 5.94. The standard InChI is InChI=1S/C19H25N3OS.ClH/c1-12-6-8-15(9-7-12)19-22-14(3)17(24-19)13(2)21-18(23)16-5-4-10-20-11-16;/h6-9,13,16,20H,4-5,10-11H2,1-3H3,(H,21,23);1H. The van der Waals surface area contributed by atoms with Gasteiger partial charge in [0.1, 0.15) is 5.01 Å². The number of aryl methyl sites for hydroxylation is 2. The molecule has 136 valence electrons. The summed E-state index contributed by atoms with van der Waals surface area (Å²) in [6.45, 7) is 7.96. The summed E-state index contributed by atoms with van der Waals surface area (Å²) in [5.74, 6) is 0.241. The second kappa shape index (κ2) is 8.79. The number of piperidine rings is 1. The molecule has 0 spiro atoms. The Labute approximate surface area is 159 Å². The summed E-state index contributed by atoms with van der Waals surface area (Å²) in [7, 11) is 0. The van der Waals surface area contributed by atoms with Crippen LogP contribution in [0.3, 0.4) is 0 Å². The number of nitrogens with zero attached hydrogens (tertiary/aromatic N) is 1. The molecule has 3 rings (SSSR count). The van der Waals surface area contributed by atoms with E-state index in [1.165, 1.54) is 5.56 Å². The molecule has 0 bridgehead atoms. The first-order valence-corrected chi connectivity index (χ1v) is 9.41. The molecule has 1 aromatic carbocycles. The van der Waals surface area contributed by atoms with E-state index in [-0.39, 0.29) is 30.3 Å². The van der Waals surface area contributed by atoms with Crippen molar-refractivity contribution < 1.29 is 4.79 Å². The van der Waals surface area contributed by atoms with E-state index >= 15 is 0 Å². The summed E-state index contributed by atoms with van der Waals surface area (Å²) in [6, 6.07) is 8.42. The molecule has 2 atom stereocenters. The Morgan fingerprint density at radius 3 is 2.68 bits per heavy atom. The second-order valence-corrected chi connectivity index (χ2v) is 7.64. The van der Waals surface area contributed by atoms with Crippen molar-refractivity contribution in [2.75, 3.05) is 13.1 Å². The van der Waals surface area contributed by atoms with Gasteiger partial charge in [0.05, 0.1) is 22.5 Å². The van der Waals surface area contributed by atoms with Crippen molar-refractivity contribution in [1.82, 2.24) is 15.6 Å². The Bertz CT molecular complexity index is 708. The lowest BCUT2D eigenvalue weighted by Gasteiger charge is -2.23. The van der Waals surface area contributed by atoms with Gasteiger partial charge in [0.2, 0.25) is 5.91 Å². The quantitative estimate of drug-likeness (QED) is 0.843. The van der Waals surface area contributed by atoms with Crippen LogP contribution in [0.25, 0.3) is 10.6 Å². The van der Waals surface area contributed by atoms with Gasteiger partial charge < -0.3 is 10.6 Å². The van der Waals surface area contributed by atoms with E-state index in [1.54, 1.807) is 11.3 Å². The van der Waals surface area contributed by atoms with Gasteiger partial charge in [-0.1, -0.05) is 29.8 Å². The van der Waals surface area contributed by atoms with Crippen LogP contribution in [0.15, 0.2) is 24.3 Å². The van der Waals surface area contributed by atoms with Crippen molar-refractivity contribution >= 4 is 29.7 Å². The predicted octanol–water partition coefficient (Wildman–Crippen LogP) is 4.03. The molecule has 0 radical (unpaired) electrons. The summed E-state index contributed by atoms with van der Waals surface area (Å²) in [5.41, 5.74) is 3.38. The number of aromatic nitrogens is 1. The van der Waals surface area contributed by atoms with Gasteiger partial charge in [0, 0.05) is 12.1 Å². The number of carbonyl (C=O) groups excluding carboxylic acids is 1. The number of hydrogen-bond donors (Lipinski definition) is 2. The van der Waals surface area contributed by atoms with Crippen molar-refractivity contribution in [3.05, 3.63) is 40.4 Å². The molecular formula is C19H26ClN3OS. The van der Waals surface area contributed by atoms with E-state index in [4.69, 9.17) is 4.98 Å². The van der Waals surface area contributed by atoms with E-state index in [1.807, 2.05) is 13.8 Å². The highest BCUT2D eigenvalue weighted by molar-refractivity contribution is 7.15. The fourth-order valence-corrected chi connectivity index (χ4v) is 4.18. The van der Waals surface area contributed by atoms with Crippen LogP contribution in [0.5, 0.6) is 0 Å². The predicted molar refractivity (Wildman–Crippen MR) is 106 cm³/mol. The molecule has 2 heterocycles. The zero-order chi connectivity index (χ0) is 17.1. The summed E-state index contributed by atoms with van der Waals surface area (Å²) in [4.78, 5) is 18.3. The third-order valence-electron chi connectivity index (χ3n) is 4.55. The van der Waals surface area contributed by atoms with Gasteiger partial charge in [-0.3, -0.25) is 4.79 Å². The van der Waals surface area contributed by atoms with Crippen LogP contribution >= 0.6 is 23.7 Å². The Morgan fingerprint density at radius 1 is 1.32 bits per heavy atom. The van der Waals surface area contributed by atoms with Gasteiger partial charge in [0.15, 0.2) is 0 Å². The SMILES string of the molecule is Cc1ccc(-c2nc(C)c(C(C)NC(=O)C3CCCNC3)s2)cc1.Cl. The number of amides is 1. The average Bonchev–Trinajstić information content (AvgIpc) is 2.98. The minimum absolute atomic E-state index is 0. The highest BCUT2D eigenvalue weighted by atomic mass is 35.5. The average molecular weight is 380 g/mol. The molecule has 1 saturated heterocycles. The lowest BCUT2D eigenvalue weighted by molar-refractivity contribution is -0.126. The molecule has 2 N–H and O–H groups in total. The normalized spacial score (nSPS) is 18.3. The van der Waals surface area contributed by atoms with Gasteiger partial charge >= 0.3 is 0 Å². The van der Waals surface area contributed by atoms with Crippen LogP contribution in [0.1, 0.15) is 41.9 Å². The molecular weight excluding hydrogens is 354 g/mol. The van der Waals surface area contributed by atoms with Crippen LogP contribution in [-0.4, -0.2) is 24.0 Å². The number of thiazole rings is 1. The molecule has 0 saturated carbocycles. The maximum atomic E-state index is 12.4. The van der Waals surface area contributed by atoms with Crippen LogP contribution in [-0.2, 0) is 4.79 Å². The first kappa shape index (κ1) is 19.9. The van der Waals surface area contributed by atoms with Crippen molar-refractivity contribution in [1.29, 1.82) is 0 Å². The van der Waals surface area contributed by atoms with E-state index in [0.717, 1.165) is 47.1 Å². The van der Waals surface area contributed by atoms with E-state index in [0.29, 0.717) is 0 Å². The monoisotopic (exact) mass is 379 g/mol. The number of carbonyl (C=O) groups is 1. The molecule has 4 nitrogen and oxygen atoms in total. The molecule has 1 fully saturated rings. The van der Waals surface area contributed by atoms with Crippen molar-refractivity contribution in [3.8, 4) is 10.6 Å². The van der Waals surface area contributed by atoms with Gasteiger partial charge in [-0.15, -0.1) is 23.7 Å². The summed E-state index contributed by atoms with van der Waals surface area (Å²) in [5, 5.41) is 7.49. The highest BCUT2D eigenvalue weighted by Crippen LogP contribution is 2.32. The molecule has 1 aliphatic heterocycles. The molecule has 2 unspecified atom stereocenters. The smallest absolute Gasteiger partial charge is 0.224 e. The minimum Gasteiger partial charge on any atom is -0.348 e. The van der Waals surface area contributed by atoms with Crippen LogP contribution in [0.2, 0.25) is 0 Å². The van der Waals surface area contributed by atoms with E-state index < -0.39 is 0 Å². The number of nitrogens with one attached hydrogen (secondary N) is 2. The van der Waals surface area contributed by atoms with Crippen LogP contribution < -0.4 is 10.6 Å². The van der Waals surface area contributed by atoms with Gasteiger partial charge in [-0.2, -0.15) is 0 Å². The van der Waals surface area contributed by atoms with Gasteiger partial charge in [-0.05, 0) is 40.2 Å². The van der Waals surface area contributed by atoms with Crippen LogP contribution in [0, 0.1) is 19.8 Å². The second-order valence-electron chi connectivity index (χ2n) is 6.61. The Morgan fingerprint density at radius 2 is 2.04 bits per heavy atom. The maximum Gasteiger partial charge on any atom is 0.224 e. The Hall–Kier alpha value is -1.43. The Balaban J connectivity index is 0.00000225. The number of benzene rings is 1. The fourth-order valence-electron chi connectivity index (χ4n) is 3.10. The summed E-state index contributed by atoms with van der Waals surface area (Å²) >= 11 is 1.67. The molecule has 2 aromatic rings. The fraction of sp³-hybridized carbons (Fsp3) is 0.474. The topological polar surface area (TPSA) is 54.0 Å². The molecule has 1 amide bonds. The van der Waals surface area contributed by atoms with E-state index in [9.17, 15) is 4.79 Å². The van der Waals surface area contributed by atoms with Gasteiger partial charge in [-0.25, -0.2) is 4.98 Å². The van der Waals surface area contributed by atoms with Crippen molar-refractivity contribution in [3.63, 3.8) is 0 Å². The summed E-state index contributed by atoms with van der Waals surface area (Å²) < 4.78 is 0. The van der Waals surface area contributed by atoms with Crippen molar-refractivity contribution in [2.24, 2.45) is 5.92 Å². The number of rotatable bonds is 4. The summed E-state index contributed by atoms with van der Waals surface area (Å²) in [6.07, 6.45) is 2.05. The third kappa shape index (κ3) is 4.81. The lowest BCUT2D eigenvalue weighted by Crippen LogP contribution is -2.41. The lowest BCUT2D eigenvalue weighted by atomic mass is 9.98. The number of halogens is 1. The zero-order valence-corrected chi connectivity index (χ0v) is 16.6. The molecule has 0 aliphatic carbocycles. The largest absolute Gasteiger partial charge is 0.348 e. The molecule has 1 aliphatic rings. The maximum absolute atomic E-state index is 12.4. The molecule has 1 aromatic heterocycles. The van der Waals surface area contributed by atoms with Crippen LogP contribution in [0.4, 0.5) is 0 Å². The zero-order valence-electron chi connectivity index (χ0n) is 15.0. The first-order valence-electron chi connectivity index (χ1n) is 8.60. The highest BCUT2D eigenvalue weighted by Gasteiger charge is 2.24.